The van der Waals surface area contributed by atoms with Crippen molar-refractivity contribution in [2.45, 2.75) is 17.3 Å². The Morgan fingerprint density at radius 1 is 1.56 bits per heavy atom. The maximum Gasteiger partial charge on any atom is 0.100 e. The van der Waals surface area contributed by atoms with Crippen LogP contribution in [-0.4, -0.2) is 20.1 Å². The molecule has 4 heteroatoms. The predicted molar refractivity (Wildman–Crippen MR) is 44.7 cm³/mol. The third-order valence-electron chi connectivity index (χ3n) is 0.868. The van der Waals surface area contributed by atoms with Crippen LogP contribution in [0.3, 0.4) is 0 Å². The van der Waals surface area contributed by atoms with Crippen molar-refractivity contribution in [2.24, 2.45) is 5.92 Å². The molecule has 53 valence electrons. The largest absolute Gasteiger partial charge is 0.126 e. The number of halogens is 3. The van der Waals surface area contributed by atoms with E-state index in [1.54, 1.807) is 0 Å². The summed E-state index contributed by atoms with van der Waals surface area (Å²) >= 11 is 16.8. The van der Waals surface area contributed by atoms with E-state index in [9.17, 15) is 0 Å². The van der Waals surface area contributed by atoms with Gasteiger partial charge in [0.15, 0.2) is 0 Å². The fourth-order valence-electron chi connectivity index (χ4n) is 0.492. The van der Waals surface area contributed by atoms with Crippen molar-refractivity contribution in [3.8, 4) is 0 Å². The lowest BCUT2D eigenvalue weighted by atomic mass is 10.1. The van der Waals surface area contributed by atoms with Crippen LogP contribution in [-0.2, 0) is 0 Å². The van der Waals surface area contributed by atoms with Crippen LogP contribution in [0.4, 0.5) is 0 Å². The first kappa shape index (κ1) is 10.1. The summed E-state index contributed by atoms with van der Waals surface area (Å²) in [6, 6.07) is 0. The Morgan fingerprint density at radius 2 is 2.00 bits per heavy atom. The first-order valence-electron chi connectivity index (χ1n) is 2.64. The molecule has 0 aliphatic heterocycles. The van der Waals surface area contributed by atoms with E-state index in [1.807, 2.05) is 6.92 Å². The summed E-state index contributed by atoms with van der Waals surface area (Å²) < 4.78 is -0.811. The molecular formula is C5H8Cl3Si. The van der Waals surface area contributed by atoms with Crippen LogP contribution in [0.25, 0.3) is 0 Å². The minimum atomic E-state index is -0.811. The average Bonchev–Trinajstić information content (AvgIpc) is 1.62. The standard InChI is InChI=1S/C5H8Cl3Si/c1-4(3-6)2-5(7,8)9/h4H,2-3H2,1H3. The second-order valence-corrected chi connectivity index (χ2v) is 5.45. The van der Waals surface area contributed by atoms with Gasteiger partial charge in [0.25, 0.3) is 0 Å². The van der Waals surface area contributed by atoms with E-state index in [2.05, 4.69) is 10.2 Å². The summed E-state index contributed by atoms with van der Waals surface area (Å²) in [5.41, 5.74) is 0. The van der Waals surface area contributed by atoms with Crippen molar-refractivity contribution in [2.75, 3.05) is 5.88 Å². The van der Waals surface area contributed by atoms with E-state index in [0.29, 0.717) is 18.2 Å². The summed E-state index contributed by atoms with van der Waals surface area (Å²) in [4.78, 5) is 0. The van der Waals surface area contributed by atoms with E-state index in [1.165, 1.54) is 0 Å². The van der Waals surface area contributed by atoms with Gasteiger partial charge in [0.1, 0.15) is 3.96 Å². The van der Waals surface area contributed by atoms with Crippen LogP contribution < -0.4 is 0 Å². The van der Waals surface area contributed by atoms with Gasteiger partial charge in [-0.1, -0.05) is 6.92 Å². The highest BCUT2D eigenvalue weighted by molar-refractivity contribution is 6.65. The summed E-state index contributed by atoms with van der Waals surface area (Å²) in [6.45, 7) is 1.99. The molecule has 0 aromatic rings. The second kappa shape index (κ2) is 4.07. The van der Waals surface area contributed by atoms with Gasteiger partial charge < -0.3 is 0 Å². The Morgan fingerprint density at radius 3 is 2.11 bits per heavy atom. The Kier molecular flexibility index (Phi) is 4.56. The van der Waals surface area contributed by atoms with E-state index in [-0.39, 0.29) is 0 Å². The van der Waals surface area contributed by atoms with E-state index >= 15 is 0 Å². The molecule has 0 nitrogen and oxygen atoms in total. The Hall–Kier alpha value is 1.09. The van der Waals surface area contributed by atoms with Crippen LogP contribution in [0.1, 0.15) is 13.3 Å². The maximum absolute atomic E-state index is 5.63. The van der Waals surface area contributed by atoms with Gasteiger partial charge in [0.05, 0.1) is 10.2 Å². The summed E-state index contributed by atoms with van der Waals surface area (Å²) in [5.74, 6) is 0.935. The molecule has 0 saturated carbocycles. The van der Waals surface area contributed by atoms with Crippen LogP contribution in [0, 0.1) is 5.92 Å². The zero-order valence-electron chi connectivity index (χ0n) is 5.13. The molecule has 0 aromatic heterocycles. The predicted octanol–water partition coefficient (Wildman–Crippen LogP) is 2.55. The first-order chi connectivity index (χ1) is 3.95. The molecule has 0 saturated heterocycles. The topological polar surface area (TPSA) is 0 Å². The van der Waals surface area contributed by atoms with Gasteiger partial charge in [-0.05, 0) is 12.3 Å². The number of hydrogen-bond acceptors (Lipinski definition) is 0. The Labute approximate surface area is 74.3 Å². The van der Waals surface area contributed by atoms with Gasteiger partial charge in [-0.15, -0.1) is 34.8 Å². The van der Waals surface area contributed by atoms with Gasteiger partial charge in [0, 0.05) is 5.88 Å². The number of alkyl halides is 3. The van der Waals surface area contributed by atoms with Crippen molar-refractivity contribution >= 4 is 45.0 Å². The molecule has 0 fully saturated rings. The minimum Gasteiger partial charge on any atom is -0.126 e. The van der Waals surface area contributed by atoms with E-state index in [0.717, 1.165) is 0 Å². The van der Waals surface area contributed by atoms with Crippen LogP contribution in [0.2, 0.25) is 0 Å². The zero-order valence-corrected chi connectivity index (χ0v) is 8.39. The first-order valence-corrected chi connectivity index (χ1v) is 4.43. The molecule has 3 radical (unpaired) electrons. The molecule has 0 spiro atoms. The van der Waals surface area contributed by atoms with Crippen molar-refractivity contribution in [3.05, 3.63) is 0 Å². The maximum atomic E-state index is 5.63. The lowest BCUT2D eigenvalue weighted by molar-refractivity contribution is 0.603. The smallest absolute Gasteiger partial charge is 0.100 e. The molecule has 0 N–H and O–H groups in total. The highest BCUT2D eigenvalue weighted by atomic mass is 35.5. The molecule has 1 atom stereocenters. The molecule has 0 aliphatic carbocycles. The monoisotopic (exact) mass is 201 g/mol. The lowest BCUT2D eigenvalue weighted by Crippen LogP contribution is -2.17. The SMILES string of the molecule is CC(CCl)CC([Si])(Cl)Cl. The molecule has 1 unspecified atom stereocenters. The van der Waals surface area contributed by atoms with Crippen molar-refractivity contribution in [3.63, 3.8) is 0 Å². The summed E-state index contributed by atoms with van der Waals surface area (Å²) in [7, 11) is 3.14. The third kappa shape index (κ3) is 6.98. The molecule has 0 aromatic carbocycles. The highest BCUT2D eigenvalue weighted by Gasteiger charge is 2.19. The zero-order chi connectivity index (χ0) is 7.49. The van der Waals surface area contributed by atoms with Gasteiger partial charge in [-0.2, -0.15) is 0 Å². The Balaban J connectivity index is 3.47. The quantitative estimate of drug-likeness (QED) is 0.487. The molecule has 0 heterocycles. The van der Waals surface area contributed by atoms with Crippen molar-refractivity contribution in [1.82, 2.24) is 0 Å². The highest BCUT2D eigenvalue weighted by Crippen LogP contribution is 2.25. The molecule has 0 aliphatic rings. The summed E-state index contributed by atoms with van der Waals surface area (Å²) in [6.07, 6.45) is 0.663. The van der Waals surface area contributed by atoms with Gasteiger partial charge in [-0.25, -0.2) is 0 Å². The van der Waals surface area contributed by atoms with Crippen molar-refractivity contribution < 1.29 is 0 Å². The molecule has 9 heavy (non-hydrogen) atoms. The number of hydrogen-bond donors (Lipinski definition) is 0. The Bertz CT molecular complexity index is 78.8. The fourth-order valence-corrected chi connectivity index (χ4v) is 1.48. The second-order valence-electron chi connectivity index (χ2n) is 2.17. The summed E-state index contributed by atoms with van der Waals surface area (Å²) in [5, 5.41) is 0. The van der Waals surface area contributed by atoms with Gasteiger partial charge in [-0.3, -0.25) is 0 Å². The van der Waals surface area contributed by atoms with E-state index in [4.69, 9.17) is 34.8 Å². The fraction of sp³-hybridized carbons (Fsp3) is 1.00. The molecule has 0 rings (SSSR count). The third-order valence-corrected chi connectivity index (χ3v) is 1.91. The van der Waals surface area contributed by atoms with Crippen LogP contribution in [0.5, 0.6) is 0 Å². The molecular weight excluding hydrogens is 194 g/mol. The van der Waals surface area contributed by atoms with Crippen LogP contribution >= 0.6 is 34.8 Å². The van der Waals surface area contributed by atoms with Gasteiger partial charge in [0.2, 0.25) is 0 Å². The lowest BCUT2D eigenvalue weighted by Gasteiger charge is -2.16. The van der Waals surface area contributed by atoms with Crippen molar-refractivity contribution in [1.29, 1.82) is 0 Å². The normalized spacial score (nSPS) is 15.7. The van der Waals surface area contributed by atoms with E-state index < -0.39 is 3.96 Å². The average molecular weight is 203 g/mol. The van der Waals surface area contributed by atoms with Gasteiger partial charge >= 0.3 is 0 Å². The molecule has 0 bridgehead atoms. The number of rotatable bonds is 3. The minimum absolute atomic E-state index is 0.346. The van der Waals surface area contributed by atoms with Crippen LogP contribution in [0.15, 0.2) is 0 Å². The molecule has 0 amide bonds.